The molecule has 1 aliphatic carbocycles. The molecule has 1 saturated heterocycles. The lowest BCUT2D eigenvalue weighted by atomic mass is 10.1. The lowest BCUT2D eigenvalue weighted by Crippen LogP contribution is -2.52. The van der Waals surface area contributed by atoms with Crippen molar-refractivity contribution in [1.82, 2.24) is 10.2 Å². The largest absolute Gasteiger partial charge is 0.444 e. The maximum atomic E-state index is 14.2. The smallest absolute Gasteiger partial charge is 0.411 e. The second-order valence-electron chi connectivity index (χ2n) is 7.20. The molecule has 2 fully saturated rings. The summed E-state index contributed by atoms with van der Waals surface area (Å²) in [4.78, 5) is 25.9. The maximum absolute atomic E-state index is 14.2. The van der Waals surface area contributed by atoms with E-state index in [1.54, 1.807) is 20.8 Å². The number of ether oxygens (including phenoxy) is 2. The van der Waals surface area contributed by atoms with Gasteiger partial charge < -0.3 is 14.8 Å². The van der Waals surface area contributed by atoms with Gasteiger partial charge in [0.1, 0.15) is 28.3 Å². The predicted molar refractivity (Wildman–Crippen MR) is 88.0 cm³/mol. The quantitative estimate of drug-likeness (QED) is 0.754. The highest BCUT2D eigenvalue weighted by Crippen LogP contribution is 2.52. The summed E-state index contributed by atoms with van der Waals surface area (Å²) >= 11 is 11.9. The molecule has 0 spiro atoms. The van der Waals surface area contributed by atoms with Gasteiger partial charge in [0.2, 0.25) is 5.91 Å². The lowest BCUT2D eigenvalue weighted by molar-refractivity contribution is -0.129. The van der Waals surface area contributed by atoms with E-state index in [0.717, 1.165) is 4.90 Å². The van der Waals surface area contributed by atoms with E-state index in [9.17, 15) is 14.0 Å². The first-order chi connectivity index (χ1) is 11.0. The van der Waals surface area contributed by atoms with Gasteiger partial charge in [-0.25, -0.2) is 9.18 Å². The molecule has 1 heterocycles. The predicted octanol–water partition coefficient (Wildman–Crippen LogP) is 2.27. The van der Waals surface area contributed by atoms with Crippen molar-refractivity contribution in [2.45, 2.75) is 55.4 Å². The van der Waals surface area contributed by atoms with E-state index in [1.165, 1.54) is 7.11 Å². The van der Waals surface area contributed by atoms with Gasteiger partial charge in [0.25, 0.3) is 0 Å². The fraction of sp³-hybridized carbons (Fsp3) is 0.867. The third-order valence-electron chi connectivity index (χ3n) is 4.02. The van der Waals surface area contributed by atoms with Crippen LogP contribution in [0.4, 0.5) is 9.18 Å². The molecule has 0 aromatic heterocycles. The minimum atomic E-state index is -1.47. The standard InChI is InChI=1S/C15H23Cl2FN2O4/c1-14(2,3)24-13(22)20-7-9(18)11(23-4)10(20)12(21)19-6-8-5-15(8,16)17/h8-11H,5-7H2,1-4H3,(H,19,21)/t8?,9-,10-,11+/m0/s1. The highest BCUT2D eigenvalue weighted by atomic mass is 35.5. The SMILES string of the molecule is CO[C@H]1[C@@H](C(=O)NCC2CC2(Cl)Cl)N(C(=O)OC(C)(C)C)C[C@@H]1F. The topological polar surface area (TPSA) is 67.9 Å². The molecule has 0 radical (unpaired) electrons. The number of hydrogen-bond donors (Lipinski definition) is 1. The molecule has 0 bridgehead atoms. The number of hydrogen-bond acceptors (Lipinski definition) is 4. The first-order valence-corrected chi connectivity index (χ1v) is 8.54. The first-order valence-electron chi connectivity index (χ1n) is 7.78. The number of carbonyl (C=O) groups is 2. The average Bonchev–Trinajstić information content (AvgIpc) is 2.89. The van der Waals surface area contributed by atoms with Crippen molar-refractivity contribution in [1.29, 1.82) is 0 Å². The van der Waals surface area contributed by atoms with Crippen LogP contribution in [0, 0.1) is 5.92 Å². The van der Waals surface area contributed by atoms with Crippen molar-refractivity contribution in [2.24, 2.45) is 5.92 Å². The molecule has 138 valence electrons. The van der Waals surface area contributed by atoms with E-state index in [1.807, 2.05) is 0 Å². The number of alkyl halides is 3. The van der Waals surface area contributed by atoms with Gasteiger partial charge in [0.15, 0.2) is 0 Å². The van der Waals surface area contributed by atoms with Gasteiger partial charge in [-0.05, 0) is 27.2 Å². The monoisotopic (exact) mass is 384 g/mol. The Morgan fingerprint density at radius 3 is 2.42 bits per heavy atom. The average molecular weight is 385 g/mol. The number of halogens is 3. The third-order valence-corrected chi connectivity index (χ3v) is 4.95. The van der Waals surface area contributed by atoms with E-state index < -0.39 is 40.3 Å². The minimum absolute atomic E-state index is 0.0525. The number of amides is 2. The van der Waals surface area contributed by atoms with Gasteiger partial charge in [0, 0.05) is 19.6 Å². The van der Waals surface area contributed by atoms with Crippen LogP contribution < -0.4 is 5.32 Å². The lowest BCUT2D eigenvalue weighted by Gasteiger charge is -2.29. The van der Waals surface area contributed by atoms with Crippen LogP contribution in [-0.4, -0.2) is 65.4 Å². The van der Waals surface area contributed by atoms with Gasteiger partial charge in [-0.1, -0.05) is 0 Å². The summed E-state index contributed by atoms with van der Waals surface area (Å²) < 4.78 is 23.7. The van der Waals surface area contributed by atoms with Crippen LogP contribution in [0.3, 0.4) is 0 Å². The summed E-state index contributed by atoms with van der Waals surface area (Å²) in [6.07, 6.45) is -2.69. The molecule has 24 heavy (non-hydrogen) atoms. The molecule has 1 saturated carbocycles. The Bertz CT molecular complexity index is 512. The molecule has 1 unspecified atom stereocenters. The molecular weight excluding hydrogens is 362 g/mol. The number of methoxy groups -OCH3 is 1. The van der Waals surface area contributed by atoms with Crippen LogP contribution in [0.5, 0.6) is 0 Å². The molecule has 9 heteroatoms. The van der Waals surface area contributed by atoms with Gasteiger partial charge >= 0.3 is 6.09 Å². The van der Waals surface area contributed by atoms with Crippen molar-refractivity contribution in [3.8, 4) is 0 Å². The zero-order valence-electron chi connectivity index (χ0n) is 14.1. The number of likely N-dealkylation sites (tertiary alicyclic amines) is 1. The van der Waals surface area contributed by atoms with Crippen molar-refractivity contribution in [3.63, 3.8) is 0 Å². The van der Waals surface area contributed by atoms with E-state index in [2.05, 4.69) is 5.32 Å². The summed E-state index contributed by atoms with van der Waals surface area (Å²) in [7, 11) is 1.31. The van der Waals surface area contributed by atoms with Crippen molar-refractivity contribution >= 4 is 35.2 Å². The molecule has 2 amide bonds. The Kier molecular flexibility index (Phi) is 5.57. The van der Waals surface area contributed by atoms with Crippen LogP contribution >= 0.6 is 23.2 Å². The molecule has 2 rings (SSSR count). The Hall–Kier alpha value is -0.790. The third kappa shape index (κ3) is 4.43. The molecule has 0 aromatic rings. The van der Waals surface area contributed by atoms with Crippen molar-refractivity contribution < 1.29 is 23.5 Å². The number of nitrogens with one attached hydrogen (secondary N) is 1. The van der Waals surface area contributed by atoms with E-state index >= 15 is 0 Å². The van der Waals surface area contributed by atoms with E-state index in [-0.39, 0.29) is 19.0 Å². The maximum Gasteiger partial charge on any atom is 0.411 e. The Balaban J connectivity index is 2.05. The zero-order valence-corrected chi connectivity index (χ0v) is 15.7. The molecule has 6 nitrogen and oxygen atoms in total. The number of carbonyl (C=O) groups excluding carboxylic acids is 2. The van der Waals surface area contributed by atoms with Crippen LogP contribution in [0.2, 0.25) is 0 Å². The first kappa shape index (κ1) is 19.5. The summed E-state index contributed by atoms with van der Waals surface area (Å²) in [5.74, 6) is -0.563. The fourth-order valence-electron chi connectivity index (χ4n) is 2.68. The highest BCUT2D eigenvalue weighted by molar-refractivity contribution is 6.50. The van der Waals surface area contributed by atoms with E-state index in [4.69, 9.17) is 32.7 Å². The van der Waals surface area contributed by atoms with Gasteiger partial charge in [-0.15, -0.1) is 23.2 Å². The van der Waals surface area contributed by atoms with Crippen LogP contribution in [-0.2, 0) is 14.3 Å². The summed E-state index contributed by atoms with van der Waals surface area (Å²) in [6.45, 7) is 5.10. The van der Waals surface area contributed by atoms with Gasteiger partial charge in [0.05, 0.1) is 6.54 Å². The van der Waals surface area contributed by atoms with Crippen LogP contribution in [0.1, 0.15) is 27.2 Å². The van der Waals surface area contributed by atoms with Crippen LogP contribution in [0.25, 0.3) is 0 Å². The molecule has 0 aromatic carbocycles. The van der Waals surface area contributed by atoms with Crippen LogP contribution in [0.15, 0.2) is 0 Å². The number of rotatable bonds is 4. The Morgan fingerprint density at radius 1 is 1.38 bits per heavy atom. The second-order valence-corrected chi connectivity index (χ2v) is 8.74. The molecule has 2 aliphatic rings. The minimum Gasteiger partial charge on any atom is -0.444 e. The summed E-state index contributed by atoms with van der Waals surface area (Å²) in [5, 5.41) is 2.67. The zero-order chi connectivity index (χ0) is 18.3. The number of nitrogens with zero attached hydrogens (tertiary/aromatic N) is 1. The van der Waals surface area contributed by atoms with E-state index in [0.29, 0.717) is 6.42 Å². The molecule has 1 N–H and O–H groups in total. The summed E-state index contributed by atoms with van der Waals surface area (Å²) in [5.41, 5.74) is -0.750. The van der Waals surface area contributed by atoms with Crippen molar-refractivity contribution in [2.75, 3.05) is 20.2 Å². The molecule has 1 aliphatic heterocycles. The summed E-state index contributed by atoms with van der Waals surface area (Å²) in [6, 6.07) is -1.10. The highest BCUT2D eigenvalue weighted by Gasteiger charge is 2.53. The fourth-order valence-corrected chi connectivity index (χ4v) is 3.20. The Labute approximate surface area is 150 Å². The molecular formula is C15H23Cl2FN2O4. The van der Waals surface area contributed by atoms with Gasteiger partial charge in [-0.2, -0.15) is 0 Å². The Morgan fingerprint density at radius 2 is 1.96 bits per heavy atom. The molecule has 4 atom stereocenters. The normalized spacial score (nSPS) is 31.7. The van der Waals surface area contributed by atoms with Gasteiger partial charge in [-0.3, -0.25) is 9.69 Å². The second kappa shape index (κ2) is 6.84. The van der Waals surface area contributed by atoms with Crippen molar-refractivity contribution in [3.05, 3.63) is 0 Å².